The molecule has 2 aliphatic heterocycles. The van der Waals surface area contributed by atoms with Crippen molar-refractivity contribution in [3.63, 3.8) is 0 Å². The van der Waals surface area contributed by atoms with E-state index in [1.807, 2.05) is 85.0 Å². The molecule has 2 aliphatic rings. The maximum absolute atomic E-state index is 4.94. The molecular formula is C34H22N4. The van der Waals surface area contributed by atoms with E-state index in [9.17, 15) is 0 Å². The minimum atomic E-state index is 0.860. The lowest BCUT2D eigenvalue weighted by Gasteiger charge is -2.03. The highest BCUT2D eigenvalue weighted by Gasteiger charge is 2.12. The van der Waals surface area contributed by atoms with Gasteiger partial charge in [0.05, 0.1) is 35.6 Å². The molecule has 8 bridgehead atoms. The highest BCUT2D eigenvalue weighted by Crippen LogP contribution is 2.26. The van der Waals surface area contributed by atoms with Crippen molar-refractivity contribution in [1.82, 2.24) is 19.9 Å². The van der Waals surface area contributed by atoms with Crippen LogP contribution in [0.4, 0.5) is 0 Å². The van der Waals surface area contributed by atoms with Crippen molar-refractivity contribution < 1.29 is 0 Å². The summed E-state index contributed by atoms with van der Waals surface area (Å²) in [7, 11) is 0. The first-order valence-corrected chi connectivity index (χ1v) is 12.5. The normalized spacial score (nSPS) is 12.2. The van der Waals surface area contributed by atoms with Crippen molar-refractivity contribution >= 4 is 46.4 Å². The summed E-state index contributed by atoms with van der Waals surface area (Å²) in [6, 6.07) is 32.6. The molecule has 7 rings (SSSR count). The third-order valence-corrected chi connectivity index (χ3v) is 6.48. The van der Waals surface area contributed by atoms with E-state index in [0.29, 0.717) is 0 Å². The van der Waals surface area contributed by atoms with Crippen molar-refractivity contribution in [3.8, 4) is 0 Å². The van der Waals surface area contributed by atoms with E-state index in [1.165, 1.54) is 0 Å². The molecule has 0 saturated carbocycles. The molecule has 38 heavy (non-hydrogen) atoms. The van der Waals surface area contributed by atoms with Gasteiger partial charge in [-0.1, -0.05) is 60.7 Å². The number of hydrogen-bond donors (Lipinski definition) is 2. The molecule has 0 unspecified atom stereocenters. The summed E-state index contributed by atoms with van der Waals surface area (Å²) in [4.78, 5) is 17.0. The lowest BCUT2D eigenvalue weighted by atomic mass is 10.0. The van der Waals surface area contributed by atoms with E-state index in [2.05, 4.69) is 59.2 Å². The van der Waals surface area contributed by atoms with Crippen LogP contribution in [-0.4, -0.2) is 19.9 Å². The maximum atomic E-state index is 4.94. The summed E-state index contributed by atoms with van der Waals surface area (Å²) < 4.78 is 0. The molecule has 0 saturated heterocycles. The van der Waals surface area contributed by atoms with Gasteiger partial charge in [-0.3, -0.25) is 0 Å². The molecule has 0 amide bonds. The van der Waals surface area contributed by atoms with Crippen molar-refractivity contribution in [1.29, 1.82) is 0 Å². The molecule has 0 spiro atoms. The number of aromatic nitrogens is 4. The molecule has 5 aromatic rings. The van der Waals surface area contributed by atoms with E-state index >= 15 is 0 Å². The molecule has 4 heteroatoms. The summed E-state index contributed by atoms with van der Waals surface area (Å²) in [5, 5.41) is 0. The highest BCUT2D eigenvalue weighted by molar-refractivity contribution is 5.82. The lowest BCUT2D eigenvalue weighted by molar-refractivity contribution is 1.27. The predicted molar refractivity (Wildman–Crippen MR) is 155 cm³/mol. The number of hydrogen-bond acceptors (Lipinski definition) is 2. The van der Waals surface area contributed by atoms with Crippen LogP contribution >= 0.6 is 0 Å². The van der Waals surface area contributed by atoms with Crippen LogP contribution in [0.5, 0.6) is 0 Å². The van der Waals surface area contributed by atoms with Gasteiger partial charge in [-0.15, -0.1) is 0 Å². The fourth-order valence-corrected chi connectivity index (χ4v) is 4.67. The Balaban J connectivity index is 1.47. The Morgan fingerprint density at radius 3 is 1.37 bits per heavy atom. The Morgan fingerprint density at radius 1 is 0.474 bits per heavy atom. The zero-order valence-corrected chi connectivity index (χ0v) is 20.4. The van der Waals surface area contributed by atoms with Crippen LogP contribution in [0.25, 0.3) is 46.4 Å². The molecule has 178 valence electrons. The minimum absolute atomic E-state index is 0.860. The van der Waals surface area contributed by atoms with E-state index < -0.39 is 0 Å². The average molecular weight is 487 g/mol. The quantitative estimate of drug-likeness (QED) is 0.269. The fourth-order valence-electron chi connectivity index (χ4n) is 4.67. The van der Waals surface area contributed by atoms with Gasteiger partial charge in [0.15, 0.2) is 0 Å². The SMILES string of the molecule is [C](c1ccccc1)c1c2nc(cc3ccc([nH]3)c([C]c3ccccc3)c3nc(cc4ccc1[nH]4)C=C3)C=C2. The monoisotopic (exact) mass is 486 g/mol. The zero-order valence-electron chi connectivity index (χ0n) is 20.4. The summed E-state index contributed by atoms with van der Waals surface area (Å²) >= 11 is 0. The summed E-state index contributed by atoms with van der Waals surface area (Å²) in [6.07, 6.45) is 15.3. The summed E-state index contributed by atoms with van der Waals surface area (Å²) in [5.41, 5.74) is 11.1. The van der Waals surface area contributed by atoms with Crippen molar-refractivity contribution in [2.45, 2.75) is 0 Å². The Bertz CT molecular complexity index is 1720. The number of rotatable bonds is 4. The molecule has 5 heterocycles. The van der Waals surface area contributed by atoms with Gasteiger partial charge in [0.25, 0.3) is 0 Å². The van der Waals surface area contributed by atoms with Gasteiger partial charge in [-0.25, -0.2) is 9.97 Å². The largest absolute Gasteiger partial charge is 0.355 e. The van der Waals surface area contributed by atoms with Crippen molar-refractivity contribution in [3.05, 3.63) is 155 Å². The van der Waals surface area contributed by atoms with E-state index in [0.717, 1.165) is 67.1 Å². The van der Waals surface area contributed by atoms with Gasteiger partial charge in [0.2, 0.25) is 0 Å². The number of aromatic amines is 2. The van der Waals surface area contributed by atoms with Gasteiger partial charge in [-0.2, -0.15) is 0 Å². The standard InChI is InChI=1S/C34H22N4/c1-3-7-23(8-4-1)19-29-31-15-11-25(35-31)21-27-13-17-33(37-27)30(20-24-9-5-2-6-10-24)34-18-14-28(38-34)22-26-12-16-32(29)36-26/h1-18,21-22,35,38H. The van der Waals surface area contributed by atoms with Crippen LogP contribution in [0, 0.1) is 12.8 Å². The smallest absolute Gasteiger partial charge is 0.0700 e. The van der Waals surface area contributed by atoms with Crippen LogP contribution in [0.3, 0.4) is 0 Å². The molecule has 2 N–H and O–H groups in total. The van der Waals surface area contributed by atoms with Crippen LogP contribution in [-0.2, 0) is 0 Å². The second kappa shape index (κ2) is 9.49. The predicted octanol–water partition coefficient (Wildman–Crippen LogP) is 7.61. The Hall–Kier alpha value is -4.96. The average Bonchev–Trinajstić information content (AvgIpc) is 3.76. The second-order valence-corrected chi connectivity index (χ2v) is 9.19. The number of benzene rings is 2. The number of nitrogens with one attached hydrogen (secondary N) is 2. The van der Waals surface area contributed by atoms with Crippen molar-refractivity contribution in [2.24, 2.45) is 0 Å². The molecule has 0 fully saturated rings. The first-order chi connectivity index (χ1) is 18.8. The van der Waals surface area contributed by atoms with Crippen molar-refractivity contribution in [2.75, 3.05) is 0 Å². The van der Waals surface area contributed by atoms with E-state index in [4.69, 9.17) is 9.97 Å². The second-order valence-electron chi connectivity index (χ2n) is 9.19. The Labute approximate surface area is 221 Å². The topological polar surface area (TPSA) is 57.4 Å². The molecule has 0 aliphatic carbocycles. The lowest BCUT2D eigenvalue weighted by Crippen LogP contribution is -1.91. The zero-order chi connectivity index (χ0) is 25.3. The number of H-pyrrole nitrogens is 2. The van der Waals surface area contributed by atoms with Gasteiger partial charge in [0.1, 0.15) is 0 Å². The van der Waals surface area contributed by atoms with E-state index in [1.54, 1.807) is 0 Å². The first-order valence-electron chi connectivity index (χ1n) is 12.5. The highest BCUT2D eigenvalue weighted by atomic mass is 14.8. The van der Waals surface area contributed by atoms with Gasteiger partial charge >= 0.3 is 0 Å². The number of fused-ring (bicyclic) bond motifs is 8. The minimum Gasteiger partial charge on any atom is -0.355 e. The molecule has 3 aromatic heterocycles. The fraction of sp³-hybridized carbons (Fsp3) is 0. The first kappa shape index (κ1) is 22.3. The molecule has 4 radical (unpaired) electrons. The Morgan fingerprint density at radius 2 is 0.921 bits per heavy atom. The van der Waals surface area contributed by atoms with Gasteiger partial charge < -0.3 is 9.97 Å². The molecule has 4 nitrogen and oxygen atoms in total. The van der Waals surface area contributed by atoms with Gasteiger partial charge in [0, 0.05) is 33.2 Å². The molecule has 2 aromatic carbocycles. The van der Waals surface area contributed by atoms with Gasteiger partial charge in [-0.05, 0) is 71.8 Å². The summed E-state index contributed by atoms with van der Waals surface area (Å²) in [6.45, 7) is 0. The van der Waals surface area contributed by atoms with Crippen LogP contribution in [0.15, 0.2) is 97.1 Å². The summed E-state index contributed by atoms with van der Waals surface area (Å²) in [5.74, 6) is 0. The van der Waals surface area contributed by atoms with Crippen LogP contribution in [0.1, 0.15) is 45.0 Å². The van der Waals surface area contributed by atoms with Crippen LogP contribution in [0.2, 0.25) is 0 Å². The number of nitrogens with zero attached hydrogens (tertiary/aromatic N) is 2. The van der Waals surface area contributed by atoms with E-state index in [-0.39, 0.29) is 0 Å². The molecule has 0 atom stereocenters. The van der Waals surface area contributed by atoms with Crippen LogP contribution < -0.4 is 0 Å². The third kappa shape index (κ3) is 4.48. The third-order valence-electron chi connectivity index (χ3n) is 6.48. The molecular weight excluding hydrogens is 464 g/mol. The maximum Gasteiger partial charge on any atom is 0.0700 e. The Kier molecular flexibility index (Phi) is 5.56.